The van der Waals surface area contributed by atoms with Gasteiger partial charge in [-0.2, -0.15) is 0 Å². The van der Waals surface area contributed by atoms with E-state index in [1.165, 1.54) is 7.11 Å². The topological polar surface area (TPSA) is 94.2 Å². The van der Waals surface area contributed by atoms with Crippen LogP contribution in [0.4, 0.5) is 5.69 Å². The summed E-state index contributed by atoms with van der Waals surface area (Å²) in [5, 5.41) is 2.78. The lowest BCUT2D eigenvalue weighted by Gasteiger charge is -2.17. The summed E-state index contributed by atoms with van der Waals surface area (Å²) < 4.78 is 15.6. The van der Waals surface area contributed by atoms with Crippen molar-refractivity contribution in [2.24, 2.45) is 0 Å². The highest BCUT2D eigenvalue weighted by Gasteiger charge is 2.36. The Morgan fingerprint density at radius 2 is 1.69 bits per heavy atom. The lowest BCUT2D eigenvalue weighted by molar-refractivity contribution is -0.136. The quantitative estimate of drug-likeness (QED) is 0.318. The van der Waals surface area contributed by atoms with Gasteiger partial charge in [-0.3, -0.25) is 9.59 Å². The van der Waals surface area contributed by atoms with E-state index in [1.807, 2.05) is 31.2 Å². The Hall–Kier alpha value is -3.91. The Bertz CT molecular complexity index is 1130. The van der Waals surface area contributed by atoms with Gasteiger partial charge in [-0.1, -0.05) is 29.8 Å². The molecule has 1 N–H and O–H groups in total. The van der Waals surface area contributed by atoms with Gasteiger partial charge in [0.15, 0.2) is 6.61 Å². The smallest absolute Gasteiger partial charge is 0.340 e. The number of esters is 1. The number of carbonyl (C=O) groups excluding carboxylic acids is 3. The van der Waals surface area contributed by atoms with Crippen LogP contribution in [0.3, 0.4) is 0 Å². The number of hydrogen-bond donors (Lipinski definition) is 1. The Morgan fingerprint density at radius 1 is 1.00 bits per heavy atom. The molecule has 35 heavy (non-hydrogen) atoms. The van der Waals surface area contributed by atoms with Crippen LogP contribution in [-0.4, -0.2) is 56.7 Å². The van der Waals surface area contributed by atoms with Gasteiger partial charge in [-0.15, -0.1) is 0 Å². The maximum Gasteiger partial charge on any atom is 0.340 e. The number of methoxy groups -OCH3 is 2. The van der Waals surface area contributed by atoms with Crippen molar-refractivity contribution in [3.63, 3.8) is 0 Å². The molecule has 1 heterocycles. The lowest BCUT2D eigenvalue weighted by Crippen LogP contribution is -2.26. The number of nitrogens with zero attached hydrogens (tertiary/aromatic N) is 1. The monoisotopic (exact) mass is 478 g/mol. The van der Waals surface area contributed by atoms with Crippen LogP contribution in [0.15, 0.2) is 65.4 Å². The van der Waals surface area contributed by atoms with Gasteiger partial charge in [0.2, 0.25) is 0 Å². The molecule has 0 aromatic heterocycles. The SMILES string of the molecule is COCCCN1C(=O)C(=Cc2ccc(OCC(=O)Nc3ccc(C)cc3)cc2)C(C(=O)OC)=C1C. The molecule has 0 radical (unpaired) electrons. The summed E-state index contributed by atoms with van der Waals surface area (Å²) >= 11 is 0. The molecule has 0 bridgehead atoms. The number of nitrogens with one attached hydrogen (secondary N) is 1. The Morgan fingerprint density at radius 3 is 2.31 bits per heavy atom. The normalized spacial score (nSPS) is 14.5. The summed E-state index contributed by atoms with van der Waals surface area (Å²) in [6, 6.07) is 14.4. The molecule has 0 atom stereocenters. The van der Waals surface area contributed by atoms with Crippen LogP contribution in [0, 0.1) is 6.92 Å². The molecule has 2 amide bonds. The summed E-state index contributed by atoms with van der Waals surface area (Å²) in [5.74, 6) is -0.582. The summed E-state index contributed by atoms with van der Waals surface area (Å²) in [4.78, 5) is 39.2. The summed E-state index contributed by atoms with van der Waals surface area (Å²) in [6.45, 7) is 4.51. The fraction of sp³-hybridized carbons (Fsp3) is 0.296. The second kappa shape index (κ2) is 12.0. The van der Waals surface area contributed by atoms with Gasteiger partial charge in [-0.05, 0) is 56.2 Å². The van der Waals surface area contributed by atoms with Crippen LogP contribution >= 0.6 is 0 Å². The van der Waals surface area contributed by atoms with Crippen molar-refractivity contribution in [1.82, 2.24) is 4.90 Å². The third-order valence-electron chi connectivity index (χ3n) is 5.53. The number of benzene rings is 2. The van der Waals surface area contributed by atoms with Gasteiger partial charge in [-0.25, -0.2) is 4.79 Å². The largest absolute Gasteiger partial charge is 0.484 e. The first-order chi connectivity index (χ1) is 16.8. The Labute approximate surface area is 205 Å². The lowest BCUT2D eigenvalue weighted by atomic mass is 10.0. The number of amides is 2. The van der Waals surface area contributed by atoms with E-state index in [-0.39, 0.29) is 29.6 Å². The molecule has 0 unspecified atom stereocenters. The van der Waals surface area contributed by atoms with E-state index in [0.717, 1.165) is 5.56 Å². The predicted octanol–water partition coefficient (Wildman–Crippen LogP) is 3.72. The Kier molecular flexibility index (Phi) is 8.80. The molecule has 8 nitrogen and oxygen atoms in total. The number of ether oxygens (including phenoxy) is 3. The first-order valence-electron chi connectivity index (χ1n) is 11.3. The summed E-state index contributed by atoms with van der Waals surface area (Å²) in [5.41, 5.74) is 3.60. The maximum absolute atomic E-state index is 13.1. The molecule has 3 rings (SSSR count). The molecule has 0 saturated heterocycles. The molecule has 0 fully saturated rings. The highest BCUT2D eigenvalue weighted by molar-refractivity contribution is 6.16. The average molecular weight is 479 g/mol. The zero-order valence-corrected chi connectivity index (χ0v) is 20.4. The summed E-state index contributed by atoms with van der Waals surface area (Å²) in [6.07, 6.45) is 2.30. The molecule has 2 aromatic carbocycles. The molecule has 0 spiro atoms. The first-order valence-corrected chi connectivity index (χ1v) is 11.3. The van der Waals surface area contributed by atoms with Crippen LogP contribution in [0.25, 0.3) is 6.08 Å². The van der Waals surface area contributed by atoms with Crippen molar-refractivity contribution < 1.29 is 28.6 Å². The van der Waals surface area contributed by atoms with E-state index in [1.54, 1.807) is 49.3 Å². The molecule has 1 aliphatic rings. The van der Waals surface area contributed by atoms with Gasteiger partial charge in [0.25, 0.3) is 11.8 Å². The number of anilines is 1. The van der Waals surface area contributed by atoms with Crippen LogP contribution in [0.5, 0.6) is 5.75 Å². The van der Waals surface area contributed by atoms with Gasteiger partial charge in [0.1, 0.15) is 5.75 Å². The maximum atomic E-state index is 13.1. The Balaban J connectivity index is 1.68. The van der Waals surface area contributed by atoms with Crippen LogP contribution < -0.4 is 10.1 Å². The van der Waals surface area contributed by atoms with Crippen LogP contribution in [-0.2, 0) is 23.9 Å². The van der Waals surface area contributed by atoms with Crippen molar-refractivity contribution in [1.29, 1.82) is 0 Å². The van der Waals surface area contributed by atoms with E-state index in [9.17, 15) is 14.4 Å². The van der Waals surface area contributed by atoms with Gasteiger partial charge in [0, 0.05) is 31.6 Å². The molecular weight excluding hydrogens is 448 g/mol. The number of rotatable bonds is 10. The average Bonchev–Trinajstić information content (AvgIpc) is 3.08. The third-order valence-corrected chi connectivity index (χ3v) is 5.53. The van der Waals surface area contributed by atoms with Gasteiger partial charge < -0.3 is 24.4 Å². The van der Waals surface area contributed by atoms with Crippen LogP contribution in [0.1, 0.15) is 24.5 Å². The fourth-order valence-corrected chi connectivity index (χ4v) is 3.67. The molecule has 1 aliphatic heterocycles. The van der Waals surface area contributed by atoms with Crippen molar-refractivity contribution >= 4 is 29.5 Å². The molecular formula is C27H30N2O6. The van der Waals surface area contributed by atoms with Crippen molar-refractivity contribution in [3.8, 4) is 5.75 Å². The second-order valence-electron chi connectivity index (χ2n) is 8.09. The van der Waals surface area contributed by atoms with E-state index in [0.29, 0.717) is 42.3 Å². The van der Waals surface area contributed by atoms with Crippen molar-refractivity contribution in [2.75, 3.05) is 39.3 Å². The fourth-order valence-electron chi connectivity index (χ4n) is 3.67. The molecule has 0 saturated carbocycles. The first kappa shape index (κ1) is 25.7. The van der Waals surface area contributed by atoms with Crippen molar-refractivity contribution in [2.45, 2.75) is 20.3 Å². The van der Waals surface area contributed by atoms with E-state index < -0.39 is 5.97 Å². The minimum Gasteiger partial charge on any atom is -0.484 e. The standard InChI is InChI=1S/C27H30N2O6/c1-18-6-10-21(11-7-18)28-24(30)17-35-22-12-8-20(9-13-22)16-23-25(27(32)34-4)19(2)29(26(23)31)14-5-15-33-3/h6-13,16H,5,14-15,17H2,1-4H3,(H,28,30). The van der Waals surface area contributed by atoms with E-state index in [2.05, 4.69) is 5.32 Å². The van der Waals surface area contributed by atoms with Gasteiger partial charge in [0.05, 0.1) is 18.3 Å². The zero-order valence-electron chi connectivity index (χ0n) is 20.4. The molecule has 184 valence electrons. The number of carbonyl (C=O) groups is 3. The third kappa shape index (κ3) is 6.58. The highest BCUT2D eigenvalue weighted by Crippen LogP contribution is 2.32. The molecule has 2 aromatic rings. The zero-order chi connectivity index (χ0) is 25.4. The summed E-state index contributed by atoms with van der Waals surface area (Å²) in [7, 11) is 2.89. The number of allylic oxidation sites excluding steroid dienone is 1. The predicted molar refractivity (Wildman–Crippen MR) is 133 cm³/mol. The second-order valence-corrected chi connectivity index (χ2v) is 8.09. The van der Waals surface area contributed by atoms with E-state index >= 15 is 0 Å². The highest BCUT2D eigenvalue weighted by atomic mass is 16.5. The number of hydrogen-bond acceptors (Lipinski definition) is 6. The van der Waals surface area contributed by atoms with Crippen molar-refractivity contribution in [3.05, 3.63) is 76.5 Å². The van der Waals surface area contributed by atoms with Crippen LogP contribution in [0.2, 0.25) is 0 Å². The molecule has 8 heteroatoms. The van der Waals surface area contributed by atoms with Gasteiger partial charge >= 0.3 is 5.97 Å². The number of aryl methyl sites for hydroxylation is 1. The van der Waals surface area contributed by atoms with E-state index in [4.69, 9.17) is 14.2 Å². The minimum absolute atomic E-state index is 0.141. The minimum atomic E-state index is -0.559. The molecule has 0 aliphatic carbocycles.